The number of aromatic nitrogens is 2. The van der Waals surface area contributed by atoms with E-state index < -0.39 is 4.92 Å². The molecule has 1 aliphatic carbocycles. The summed E-state index contributed by atoms with van der Waals surface area (Å²) in [6, 6.07) is 12.9. The zero-order chi connectivity index (χ0) is 24.2. The SMILES string of the molecule is Cc1ccc(C(=O)NC[C@H]2CC[C@@H](Nc3nc(N(C)C)c4ccccc4n3)CC2)cc1[N+](=O)[O-]. The number of anilines is 2. The van der Waals surface area contributed by atoms with Crippen LogP contribution in [0.4, 0.5) is 17.5 Å². The van der Waals surface area contributed by atoms with Gasteiger partial charge in [-0.1, -0.05) is 18.2 Å². The fraction of sp³-hybridized carbons (Fsp3) is 0.400. The van der Waals surface area contributed by atoms with Gasteiger partial charge in [-0.05, 0) is 56.7 Å². The molecule has 0 radical (unpaired) electrons. The molecule has 1 heterocycles. The van der Waals surface area contributed by atoms with Crippen molar-refractivity contribution in [3.8, 4) is 0 Å². The Kier molecular flexibility index (Phi) is 6.90. The molecule has 4 rings (SSSR count). The summed E-state index contributed by atoms with van der Waals surface area (Å²) in [4.78, 5) is 34.6. The Hall–Kier alpha value is -3.75. The van der Waals surface area contributed by atoms with Crippen LogP contribution >= 0.6 is 0 Å². The number of rotatable bonds is 7. The summed E-state index contributed by atoms with van der Waals surface area (Å²) in [6.45, 7) is 2.22. The maximum atomic E-state index is 12.5. The second kappa shape index (κ2) is 10.0. The summed E-state index contributed by atoms with van der Waals surface area (Å²) in [5.41, 5.74) is 1.74. The maximum Gasteiger partial charge on any atom is 0.273 e. The molecule has 1 aromatic heterocycles. The topological polar surface area (TPSA) is 113 Å². The zero-order valence-electron chi connectivity index (χ0n) is 19.7. The number of nitrogens with zero attached hydrogens (tertiary/aromatic N) is 4. The number of hydrogen-bond acceptors (Lipinski definition) is 7. The van der Waals surface area contributed by atoms with Crippen LogP contribution in [0.3, 0.4) is 0 Å². The highest BCUT2D eigenvalue weighted by molar-refractivity contribution is 5.95. The highest BCUT2D eigenvalue weighted by Gasteiger charge is 2.23. The van der Waals surface area contributed by atoms with E-state index in [2.05, 4.69) is 10.6 Å². The van der Waals surface area contributed by atoms with E-state index in [4.69, 9.17) is 9.97 Å². The molecule has 0 unspecified atom stereocenters. The highest BCUT2D eigenvalue weighted by atomic mass is 16.6. The van der Waals surface area contributed by atoms with Crippen molar-refractivity contribution in [3.63, 3.8) is 0 Å². The van der Waals surface area contributed by atoms with Gasteiger partial charge in [0.1, 0.15) is 5.82 Å². The Morgan fingerprint density at radius 3 is 2.56 bits per heavy atom. The van der Waals surface area contributed by atoms with Gasteiger partial charge in [0.05, 0.1) is 10.4 Å². The number of para-hydroxylation sites is 1. The molecule has 2 aromatic carbocycles. The molecule has 9 nitrogen and oxygen atoms in total. The fourth-order valence-corrected chi connectivity index (χ4v) is 4.45. The van der Waals surface area contributed by atoms with E-state index in [0.717, 1.165) is 42.4 Å². The van der Waals surface area contributed by atoms with E-state index in [1.807, 2.05) is 43.3 Å². The fourth-order valence-electron chi connectivity index (χ4n) is 4.45. The molecule has 0 aliphatic heterocycles. The van der Waals surface area contributed by atoms with Gasteiger partial charge in [-0.3, -0.25) is 14.9 Å². The van der Waals surface area contributed by atoms with E-state index in [0.29, 0.717) is 29.5 Å². The van der Waals surface area contributed by atoms with Crippen molar-refractivity contribution in [2.24, 2.45) is 5.92 Å². The summed E-state index contributed by atoms with van der Waals surface area (Å²) < 4.78 is 0. The lowest BCUT2D eigenvalue weighted by atomic mass is 9.86. The monoisotopic (exact) mass is 462 g/mol. The van der Waals surface area contributed by atoms with Crippen molar-refractivity contribution in [2.45, 2.75) is 38.6 Å². The minimum absolute atomic E-state index is 0.0347. The van der Waals surface area contributed by atoms with Crippen LogP contribution in [0.5, 0.6) is 0 Å². The molecule has 1 fully saturated rings. The average Bonchev–Trinajstić information content (AvgIpc) is 2.83. The van der Waals surface area contributed by atoms with Crippen molar-refractivity contribution >= 4 is 34.3 Å². The third-order valence-corrected chi connectivity index (χ3v) is 6.41. The molecule has 34 heavy (non-hydrogen) atoms. The molecule has 3 aromatic rings. The minimum Gasteiger partial charge on any atom is -0.362 e. The third-order valence-electron chi connectivity index (χ3n) is 6.41. The number of aryl methyl sites for hydroxylation is 1. The Morgan fingerprint density at radius 2 is 1.85 bits per heavy atom. The summed E-state index contributed by atoms with van der Waals surface area (Å²) in [5, 5.41) is 18.6. The predicted molar refractivity (Wildman–Crippen MR) is 133 cm³/mol. The van der Waals surface area contributed by atoms with E-state index in [-0.39, 0.29) is 17.6 Å². The average molecular weight is 463 g/mol. The summed E-state index contributed by atoms with van der Waals surface area (Å²) in [7, 11) is 3.96. The zero-order valence-corrected chi connectivity index (χ0v) is 19.7. The smallest absolute Gasteiger partial charge is 0.273 e. The first-order chi connectivity index (χ1) is 16.3. The quantitative estimate of drug-likeness (QED) is 0.397. The molecule has 0 atom stereocenters. The van der Waals surface area contributed by atoms with Crippen LogP contribution in [-0.2, 0) is 0 Å². The van der Waals surface area contributed by atoms with Crippen LogP contribution in [0.1, 0.15) is 41.6 Å². The van der Waals surface area contributed by atoms with Gasteiger partial charge in [0.25, 0.3) is 11.6 Å². The number of nitrogens with one attached hydrogen (secondary N) is 2. The second-order valence-electron chi connectivity index (χ2n) is 9.11. The maximum absolute atomic E-state index is 12.5. The number of nitro benzene ring substituents is 1. The molecule has 0 spiro atoms. The van der Waals surface area contributed by atoms with Gasteiger partial charge in [0, 0.05) is 49.3 Å². The first-order valence-corrected chi connectivity index (χ1v) is 11.6. The van der Waals surface area contributed by atoms with Gasteiger partial charge >= 0.3 is 0 Å². The number of carbonyl (C=O) groups excluding carboxylic acids is 1. The van der Waals surface area contributed by atoms with Crippen molar-refractivity contribution < 1.29 is 9.72 Å². The van der Waals surface area contributed by atoms with Crippen molar-refractivity contribution in [3.05, 3.63) is 63.7 Å². The first kappa shape index (κ1) is 23.4. The van der Waals surface area contributed by atoms with Crippen LogP contribution in [0.25, 0.3) is 10.9 Å². The lowest BCUT2D eigenvalue weighted by Crippen LogP contribution is -2.34. The highest BCUT2D eigenvalue weighted by Crippen LogP contribution is 2.28. The molecular weight excluding hydrogens is 432 g/mol. The number of fused-ring (bicyclic) bond motifs is 1. The Bertz CT molecular complexity index is 1200. The predicted octanol–water partition coefficient (Wildman–Crippen LogP) is 4.31. The van der Waals surface area contributed by atoms with Gasteiger partial charge in [-0.25, -0.2) is 4.98 Å². The molecule has 0 saturated heterocycles. The van der Waals surface area contributed by atoms with Crippen LogP contribution < -0.4 is 15.5 Å². The third kappa shape index (κ3) is 5.24. The molecular formula is C25H30N6O3. The number of hydrogen-bond donors (Lipinski definition) is 2. The molecule has 1 aliphatic rings. The van der Waals surface area contributed by atoms with Crippen molar-refractivity contribution in [1.82, 2.24) is 15.3 Å². The van der Waals surface area contributed by atoms with Gasteiger partial charge in [0.2, 0.25) is 5.95 Å². The van der Waals surface area contributed by atoms with Crippen LogP contribution in [0, 0.1) is 23.0 Å². The Morgan fingerprint density at radius 1 is 1.12 bits per heavy atom. The summed E-state index contributed by atoms with van der Waals surface area (Å²) in [5.74, 6) is 1.63. The second-order valence-corrected chi connectivity index (χ2v) is 9.11. The molecule has 2 N–H and O–H groups in total. The first-order valence-electron chi connectivity index (χ1n) is 11.6. The lowest BCUT2D eigenvalue weighted by Gasteiger charge is -2.29. The number of amides is 1. The van der Waals surface area contributed by atoms with Crippen molar-refractivity contribution in [1.29, 1.82) is 0 Å². The van der Waals surface area contributed by atoms with E-state index in [1.165, 1.54) is 6.07 Å². The normalized spacial score (nSPS) is 17.9. The van der Waals surface area contributed by atoms with Crippen molar-refractivity contribution in [2.75, 3.05) is 30.9 Å². The van der Waals surface area contributed by atoms with E-state index in [1.54, 1.807) is 19.1 Å². The van der Waals surface area contributed by atoms with Crippen LogP contribution in [0.2, 0.25) is 0 Å². The minimum atomic E-state index is -0.457. The molecule has 178 valence electrons. The molecule has 9 heteroatoms. The molecule has 0 bridgehead atoms. The largest absolute Gasteiger partial charge is 0.362 e. The van der Waals surface area contributed by atoms with Gasteiger partial charge < -0.3 is 15.5 Å². The Balaban J connectivity index is 1.31. The van der Waals surface area contributed by atoms with Gasteiger partial charge in [-0.2, -0.15) is 4.98 Å². The number of nitro groups is 1. The van der Waals surface area contributed by atoms with Crippen LogP contribution in [0.15, 0.2) is 42.5 Å². The van der Waals surface area contributed by atoms with Gasteiger partial charge in [0.15, 0.2) is 0 Å². The Labute approximate surface area is 198 Å². The van der Waals surface area contributed by atoms with E-state index >= 15 is 0 Å². The standard InChI is InChI=1S/C25H30N6O3/c1-16-8-11-18(14-22(16)31(33)34)24(32)26-15-17-9-12-19(13-10-17)27-25-28-21-7-5-4-6-20(21)23(29-25)30(2)3/h4-8,11,14,17,19H,9-10,12-13,15H2,1-3H3,(H,26,32)(H,27,28,29)/t17-,19+. The van der Waals surface area contributed by atoms with Crippen LogP contribution in [-0.4, -0.2) is 47.5 Å². The number of carbonyl (C=O) groups is 1. The summed E-state index contributed by atoms with van der Waals surface area (Å²) in [6.07, 6.45) is 3.87. The molecule has 1 amide bonds. The molecule has 1 saturated carbocycles. The van der Waals surface area contributed by atoms with Gasteiger partial charge in [-0.15, -0.1) is 0 Å². The van der Waals surface area contributed by atoms with E-state index in [9.17, 15) is 14.9 Å². The lowest BCUT2D eigenvalue weighted by molar-refractivity contribution is -0.385. The summed E-state index contributed by atoms with van der Waals surface area (Å²) >= 11 is 0. The number of benzene rings is 2.